The summed E-state index contributed by atoms with van der Waals surface area (Å²) in [4.78, 5) is 4.30. The first kappa shape index (κ1) is 11.0. The predicted molar refractivity (Wildman–Crippen MR) is 71.3 cm³/mol. The highest BCUT2D eigenvalue weighted by Crippen LogP contribution is 2.20. The fourth-order valence-electron chi connectivity index (χ4n) is 2.15. The van der Waals surface area contributed by atoms with E-state index < -0.39 is 0 Å². The molecule has 0 aliphatic rings. The Labute approximate surface area is 106 Å². The number of aromatic nitrogens is 4. The van der Waals surface area contributed by atoms with Crippen LogP contribution in [0.4, 0.5) is 0 Å². The highest BCUT2D eigenvalue weighted by atomic mass is 15.3. The normalized spacial score (nSPS) is 11.5. The van der Waals surface area contributed by atoms with Gasteiger partial charge in [-0.1, -0.05) is 19.9 Å². The van der Waals surface area contributed by atoms with Crippen molar-refractivity contribution in [1.29, 1.82) is 0 Å². The minimum absolute atomic E-state index is 0.599. The molecule has 18 heavy (non-hydrogen) atoms. The van der Waals surface area contributed by atoms with Gasteiger partial charge in [-0.15, -0.1) is 0 Å². The van der Waals surface area contributed by atoms with Gasteiger partial charge in [0.1, 0.15) is 5.65 Å². The van der Waals surface area contributed by atoms with Crippen LogP contribution in [0.5, 0.6) is 0 Å². The number of hydrogen-bond donors (Lipinski definition) is 0. The molecule has 4 nitrogen and oxygen atoms in total. The summed E-state index contributed by atoms with van der Waals surface area (Å²) in [5.74, 6) is 0.599. The van der Waals surface area contributed by atoms with Crippen LogP contribution in [0.15, 0.2) is 43.0 Å². The van der Waals surface area contributed by atoms with E-state index in [2.05, 4.69) is 40.6 Å². The van der Waals surface area contributed by atoms with E-state index in [0.717, 1.165) is 23.4 Å². The highest BCUT2D eigenvalue weighted by Gasteiger charge is 2.06. The zero-order chi connectivity index (χ0) is 12.5. The molecule has 3 rings (SSSR count). The number of nitrogens with zero attached hydrogens (tertiary/aromatic N) is 4. The van der Waals surface area contributed by atoms with Gasteiger partial charge in [0.15, 0.2) is 0 Å². The summed E-state index contributed by atoms with van der Waals surface area (Å²) in [6.07, 6.45) is 7.80. The van der Waals surface area contributed by atoms with E-state index in [-0.39, 0.29) is 0 Å². The molecular weight excluding hydrogens is 224 g/mol. The minimum Gasteiger partial charge on any atom is -0.300 e. The molecule has 4 heteroatoms. The number of hydrogen-bond acceptors (Lipinski definition) is 2. The van der Waals surface area contributed by atoms with Crippen molar-refractivity contribution >= 4 is 5.65 Å². The molecule has 0 aliphatic carbocycles. The molecular formula is C14H16N4. The first-order valence-electron chi connectivity index (χ1n) is 6.19. The second-order valence-corrected chi connectivity index (χ2v) is 4.91. The molecule has 0 fully saturated rings. The minimum atomic E-state index is 0.599. The summed E-state index contributed by atoms with van der Waals surface area (Å²) >= 11 is 0. The summed E-state index contributed by atoms with van der Waals surface area (Å²) in [6.45, 7) is 5.33. The fraction of sp³-hybridized carbons (Fsp3) is 0.286. The average molecular weight is 240 g/mol. The van der Waals surface area contributed by atoms with Gasteiger partial charge in [-0.3, -0.25) is 9.08 Å². The summed E-state index contributed by atoms with van der Waals surface area (Å²) in [6, 6.07) is 6.12. The van der Waals surface area contributed by atoms with Gasteiger partial charge in [-0.05, 0) is 18.1 Å². The third kappa shape index (κ3) is 1.90. The van der Waals surface area contributed by atoms with Gasteiger partial charge >= 0.3 is 0 Å². The number of pyridine rings is 1. The SMILES string of the molecule is CC(C)Cn1cc(-c2cccc3nccn23)cn1. The lowest BCUT2D eigenvalue weighted by Crippen LogP contribution is -2.04. The maximum Gasteiger partial charge on any atom is 0.137 e. The Morgan fingerprint density at radius 2 is 2.17 bits per heavy atom. The van der Waals surface area contributed by atoms with Crippen molar-refractivity contribution in [3.63, 3.8) is 0 Å². The second-order valence-electron chi connectivity index (χ2n) is 4.91. The smallest absolute Gasteiger partial charge is 0.137 e. The molecule has 0 unspecified atom stereocenters. The lowest BCUT2D eigenvalue weighted by atomic mass is 10.2. The quantitative estimate of drug-likeness (QED) is 0.705. The van der Waals surface area contributed by atoms with Gasteiger partial charge in [-0.2, -0.15) is 5.10 Å². The predicted octanol–water partition coefficient (Wildman–Crippen LogP) is 2.85. The third-order valence-electron chi connectivity index (χ3n) is 2.91. The van der Waals surface area contributed by atoms with Gasteiger partial charge in [0.2, 0.25) is 0 Å². The van der Waals surface area contributed by atoms with Crippen LogP contribution in [0, 0.1) is 5.92 Å². The molecule has 0 aromatic carbocycles. The van der Waals surface area contributed by atoms with E-state index in [0.29, 0.717) is 5.92 Å². The zero-order valence-electron chi connectivity index (χ0n) is 10.6. The Morgan fingerprint density at radius 3 is 3.00 bits per heavy atom. The zero-order valence-corrected chi connectivity index (χ0v) is 10.6. The van der Waals surface area contributed by atoms with E-state index in [1.54, 1.807) is 0 Å². The van der Waals surface area contributed by atoms with E-state index in [1.807, 2.05) is 35.4 Å². The van der Waals surface area contributed by atoms with Crippen molar-refractivity contribution in [2.24, 2.45) is 5.92 Å². The van der Waals surface area contributed by atoms with Crippen molar-refractivity contribution in [1.82, 2.24) is 19.2 Å². The second kappa shape index (κ2) is 4.29. The van der Waals surface area contributed by atoms with Gasteiger partial charge in [0.05, 0.1) is 11.9 Å². The van der Waals surface area contributed by atoms with Gasteiger partial charge in [0, 0.05) is 30.7 Å². The maximum absolute atomic E-state index is 4.41. The van der Waals surface area contributed by atoms with E-state index in [9.17, 15) is 0 Å². The highest BCUT2D eigenvalue weighted by molar-refractivity contribution is 5.61. The Balaban J connectivity index is 2.04. The van der Waals surface area contributed by atoms with E-state index in [4.69, 9.17) is 0 Å². The summed E-state index contributed by atoms with van der Waals surface area (Å²) < 4.78 is 4.08. The van der Waals surface area contributed by atoms with E-state index >= 15 is 0 Å². The number of rotatable bonds is 3. The monoisotopic (exact) mass is 240 g/mol. The van der Waals surface area contributed by atoms with Crippen LogP contribution < -0.4 is 0 Å². The molecule has 3 aromatic rings. The van der Waals surface area contributed by atoms with Crippen LogP contribution in [0.25, 0.3) is 16.9 Å². The lowest BCUT2D eigenvalue weighted by molar-refractivity contribution is 0.483. The summed E-state index contributed by atoms with van der Waals surface area (Å²) in [5, 5.41) is 4.41. The molecule has 0 N–H and O–H groups in total. The van der Waals surface area contributed by atoms with E-state index in [1.165, 1.54) is 0 Å². The van der Waals surface area contributed by atoms with Crippen LogP contribution in [-0.4, -0.2) is 19.2 Å². The van der Waals surface area contributed by atoms with Crippen LogP contribution in [0.1, 0.15) is 13.8 Å². The van der Waals surface area contributed by atoms with Crippen LogP contribution in [-0.2, 0) is 6.54 Å². The van der Waals surface area contributed by atoms with Crippen LogP contribution >= 0.6 is 0 Å². The molecule has 0 saturated carbocycles. The molecule has 3 heterocycles. The standard InChI is InChI=1S/C14H16N4/c1-11(2)9-17-10-12(8-16-17)13-4-3-5-14-15-6-7-18(13)14/h3-8,10-11H,9H2,1-2H3. The molecule has 92 valence electrons. The van der Waals surface area contributed by atoms with Crippen molar-refractivity contribution in [2.45, 2.75) is 20.4 Å². The molecule has 0 amide bonds. The van der Waals surface area contributed by atoms with Crippen molar-refractivity contribution in [3.05, 3.63) is 43.0 Å². The fourth-order valence-corrected chi connectivity index (χ4v) is 2.15. The topological polar surface area (TPSA) is 35.1 Å². The third-order valence-corrected chi connectivity index (χ3v) is 2.91. The van der Waals surface area contributed by atoms with Crippen molar-refractivity contribution < 1.29 is 0 Å². The summed E-state index contributed by atoms with van der Waals surface area (Å²) in [5.41, 5.74) is 3.21. The lowest BCUT2D eigenvalue weighted by Gasteiger charge is -2.04. The Hall–Kier alpha value is -2.10. The largest absolute Gasteiger partial charge is 0.300 e. The van der Waals surface area contributed by atoms with Crippen LogP contribution in [0.2, 0.25) is 0 Å². The maximum atomic E-state index is 4.41. The summed E-state index contributed by atoms with van der Waals surface area (Å²) in [7, 11) is 0. The molecule has 0 atom stereocenters. The molecule has 0 radical (unpaired) electrons. The Morgan fingerprint density at radius 1 is 1.28 bits per heavy atom. The Bertz CT molecular complexity index is 663. The Kier molecular flexibility index (Phi) is 2.63. The number of imidazole rings is 1. The van der Waals surface area contributed by atoms with Gasteiger partial charge in [-0.25, -0.2) is 4.98 Å². The number of fused-ring (bicyclic) bond motifs is 1. The van der Waals surface area contributed by atoms with Gasteiger partial charge < -0.3 is 0 Å². The first-order chi connectivity index (χ1) is 8.74. The molecule has 0 bridgehead atoms. The average Bonchev–Trinajstić information content (AvgIpc) is 2.95. The van der Waals surface area contributed by atoms with Crippen LogP contribution in [0.3, 0.4) is 0 Å². The first-order valence-corrected chi connectivity index (χ1v) is 6.19. The van der Waals surface area contributed by atoms with Crippen molar-refractivity contribution in [2.75, 3.05) is 0 Å². The van der Waals surface area contributed by atoms with Crippen molar-refractivity contribution in [3.8, 4) is 11.3 Å². The molecule has 3 aromatic heterocycles. The molecule has 0 spiro atoms. The van der Waals surface area contributed by atoms with Gasteiger partial charge in [0.25, 0.3) is 0 Å². The molecule has 0 aliphatic heterocycles. The molecule has 0 saturated heterocycles.